The lowest BCUT2D eigenvalue weighted by Gasteiger charge is -2.52. The van der Waals surface area contributed by atoms with Crippen LogP contribution in [0, 0.1) is 10.8 Å². The van der Waals surface area contributed by atoms with Crippen LogP contribution < -0.4 is 19.1 Å². The monoisotopic (exact) mass is 755 g/mol. The van der Waals surface area contributed by atoms with Gasteiger partial charge in [0.25, 0.3) is 0 Å². The van der Waals surface area contributed by atoms with Crippen molar-refractivity contribution in [2.75, 3.05) is 33.2 Å². The van der Waals surface area contributed by atoms with Gasteiger partial charge < -0.3 is 24.2 Å². The van der Waals surface area contributed by atoms with E-state index < -0.39 is 5.60 Å². The number of fused-ring (bicyclic) bond motifs is 10. The van der Waals surface area contributed by atoms with Crippen LogP contribution in [0.5, 0.6) is 17.2 Å². The fourth-order valence-corrected chi connectivity index (χ4v) is 11.2. The van der Waals surface area contributed by atoms with Gasteiger partial charge in [0.2, 0.25) is 0 Å². The van der Waals surface area contributed by atoms with Crippen LogP contribution in [-0.4, -0.2) is 33.4 Å². The molecule has 9 rings (SSSR count). The zero-order valence-corrected chi connectivity index (χ0v) is 34.5. The number of aliphatic hydroxyl groups is 1. The van der Waals surface area contributed by atoms with Gasteiger partial charge in [0, 0.05) is 47.3 Å². The van der Waals surface area contributed by atoms with E-state index in [1.165, 1.54) is 22.3 Å². The van der Waals surface area contributed by atoms with Crippen molar-refractivity contribution in [2.24, 2.45) is 10.8 Å². The highest BCUT2D eigenvalue weighted by Crippen LogP contribution is 2.67. The standard InChI is InChI=1S/C52H53NO4/c1-49(2)30-50(3,4)32-51(31-49)45-12-10-9-11-40(45)46-43-27-34(29-54)42(33-13-19-37(20-14-33)53(5)6)28-44(43)48-41(47(46)51)25-26-52(57-48,35-15-21-38(55-7)22-16-35)36-17-23-39(56-8)24-18-36/h9-28,54H,29-32H2,1-8H3. The summed E-state index contributed by atoms with van der Waals surface area (Å²) in [5, 5.41) is 13.3. The highest BCUT2D eigenvalue weighted by Gasteiger charge is 2.55. The van der Waals surface area contributed by atoms with Crippen molar-refractivity contribution in [3.63, 3.8) is 0 Å². The van der Waals surface area contributed by atoms with Crippen LogP contribution in [-0.2, 0) is 17.6 Å². The predicted molar refractivity (Wildman–Crippen MR) is 234 cm³/mol. The van der Waals surface area contributed by atoms with Crippen LogP contribution in [0.4, 0.5) is 5.69 Å². The Bertz CT molecular complexity index is 2480. The lowest BCUT2D eigenvalue weighted by Crippen LogP contribution is -2.44. The van der Waals surface area contributed by atoms with Crippen molar-refractivity contribution >= 4 is 22.5 Å². The Morgan fingerprint density at radius 2 is 1.28 bits per heavy atom. The van der Waals surface area contributed by atoms with E-state index in [2.05, 4.69) is 144 Å². The largest absolute Gasteiger partial charge is 0.497 e. The molecule has 0 unspecified atom stereocenters. The van der Waals surface area contributed by atoms with Crippen LogP contribution >= 0.6 is 0 Å². The molecule has 2 aliphatic carbocycles. The van der Waals surface area contributed by atoms with Gasteiger partial charge in [-0.1, -0.05) is 94.4 Å². The van der Waals surface area contributed by atoms with Gasteiger partial charge in [-0.3, -0.25) is 0 Å². The minimum absolute atomic E-state index is 0.0815. The van der Waals surface area contributed by atoms with E-state index in [9.17, 15) is 5.11 Å². The topological polar surface area (TPSA) is 51.2 Å². The average molecular weight is 756 g/mol. The molecule has 1 fully saturated rings. The molecular formula is C52H53NO4. The Balaban J connectivity index is 1.40. The molecule has 0 atom stereocenters. The van der Waals surface area contributed by atoms with Crippen molar-refractivity contribution in [2.45, 2.75) is 64.6 Å². The third-order valence-corrected chi connectivity index (χ3v) is 12.9. The summed E-state index contributed by atoms with van der Waals surface area (Å²) in [7, 11) is 7.50. The van der Waals surface area contributed by atoms with Gasteiger partial charge in [0.15, 0.2) is 5.60 Å². The number of aliphatic hydroxyl groups excluding tert-OH is 1. The molecule has 290 valence electrons. The quantitative estimate of drug-likeness (QED) is 0.176. The lowest BCUT2D eigenvalue weighted by molar-refractivity contribution is 0.0642. The Morgan fingerprint density at radius 3 is 1.84 bits per heavy atom. The summed E-state index contributed by atoms with van der Waals surface area (Å²) in [5.41, 5.74) is 11.5. The van der Waals surface area contributed by atoms with Gasteiger partial charge in [-0.25, -0.2) is 0 Å². The summed E-state index contributed by atoms with van der Waals surface area (Å²) in [6, 6.07) is 38.7. The van der Waals surface area contributed by atoms with Crippen molar-refractivity contribution in [3.8, 4) is 39.5 Å². The van der Waals surface area contributed by atoms with Crippen LogP contribution in [0.1, 0.15) is 80.3 Å². The number of benzene rings is 6. The molecule has 57 heavy (non-hydrogen) atoms. The molecule has 1 aliphatic heterocycles. The summed E-state index contributed by atoms with van der Waals surface area (Å²) >= 11 is 0. The second-order valence-corrected chi connectivity index (χ2v) is 18.3. The third-order valence-electron chi connectivity index (χ3n) is 12.9. The summed E-state index contributed by atoms with van der Waals surface area (Å²) in [6.07, 6.45) is 7.85. The number of hydrogen-bond acceptors (Lipinski definition) is 5. The molecular weight excluding hydrogens is 703 g/mol. The number of hydrogen-bond donors (Lipinski definition) is 1. The zero-order valence-electron chi connectivity index (χ0n) is 34.5. The van der Waals surface area contributed by atoms with E-state index in [1.807, 2.05) is 24.3 Å². The predicted octanol–water partition coefficient (Wildman–Crippen LogP) is 11.9. The van der Waals surface area contributed by atoms with Gasteiger partial charge in [-0.05, 0) is 129 Å². The van der Waals surface area contributed by atoms with Crippen LogP contribution in [0.25, 0.3) is 39.1 Å². The number of anilines is 1. The van der Waals surface area contributed by atoms with Crippen molar-refractivity contribution in [1.29, 1.82) is 0 Å². The molecule has 0 bridgehead atoms. The SMILES string of the molecule is COc1ccc(C2(c3ccc(OC)cc3)C=Cc3c4c(c5cc(CO)c(-c6ccc(N(C)C)cc6)cc5c3O2)-c2ccccc2C42CC(C)(C)CC(C)(C)C2)cc1. The highest BCUT2D eigenvalue weighted by molar-refractivity contribution is 6.10. The number of rotatable bonds is 7. The Hall–Kier alpha value is -5.52. The average Bonchev–Trinajstić information content (AvgIpc) is 3.47. The molecule has 1 heterocycles. The maximum Gasteiger partial charge on any atom is 0.178 e. The fourth-order valence-electron chi connectivity index (χ4n) is 11.2. The van der Waals surface area contributed by atoms with E-state index in [1.54, 1.807) is 14.2 Å². The molecule has 6 aromatic rings. The van der Waals surface area contributed by atoms with E-state index in [0.29, 0.717) is 0 Å². The molecule has 1 spiro atoms. The second-order valence-electron chi connectivity index (χ2n) is 18.3. The minimum atomic E-state index is -0.959. The zero-order chi connectivity index (χ0) is 39.9. The summed E-state index contributed by atoms with van der Waals surface area (Å²) in [6.45, 7) is 9.72. The molecule has 0 aromatic heterocycles. The number of nitrogens with zero attached hydrogens (tertiary/aromatic N) is 1. The first kappa shape index (κ1) is 37.1. The van der Waals surface area contributed by atoms with E-state index in [-0.39, 0.29) is 22.9 Å². The van der Waals surface area contributed by atoms with E-state index >= 15 is 0 Å². The van der Waals surface area contributed by atoms with E-state index in [0.717, 1.165) is 86.4 Å². The Kier molecular flexibility index (Phi) is 8.64. The molecule has 0 saturated heterocycles. The Morgan fingerprint density at radius 1 is 0.684 bits per heavy atom. The van der Waals surface area contributed by atoms with Gasteiger partial charge in [-0.2, -0.15) is 0 Å². The van der Waals surface area contributed by atoms with E-state index in [4.69, 9.17) is 14.2 Å². The van der Waals surface area contributed by atoms with Gasteiger partial charge in [0.1, 0.15) is 17.2 Å². The molecule has 6 aromatic carbocycles. The first-order valence-electron chi connectivity index (χ1n) is 20.1. The highest BCUT2D eigenvalue weighted by atomic mass is 16.5. The molecule has 5 nitrogen and oxygen atoms in total. The Labute approximate surface area is 337 Å². The number of ether oxygens (including phenoxy) is 3. The van der Waals surface area contributed by atoms with Crippen molar-refractivity contribution in [3.05, 3.63) is 149 Å². The van der Waals surface area contributed by atoms with Crippen molar-refractivity contribution in [1.82, 2.24) is 0 Å². The fraction of sp³-hybridized carbons (Fsp3) is 0.308. The maximum atomic E-state index is 11.1. The third kappa shape index (κ3) is 5.84. The lowest BCUT2D eigenvalue weighted by atomic mass is 9.52. The normalized spacial score (nSPS) is 17.7. The smallest absolute Gasteiger partial charge is 0.178 e. The first-order chi connectivity index (χ1) is 27.3. The minimum Gasteiger partial charge on any atom is -0.497 e. The molecule has 5 heteroatoms. The van der Waals surface area contributed by atoms with Gasteiger partial charge in [0.05, 0.1) is 20.8 Å². The number of methoxy groups -OCH3 is 2. The summed E-state index contributed by atoms with van der Waals surface area (Å²) in [4.78, 5) is 2.11. The molecule has 0 radical (unpaired) electrons. The molecule has 1 N–H and O–H groups in total. The summed E-state index contributed by atoms with van der Waals surface area (Å²) in [5.74, 6) is 2.44. The molecule has 0 amide bonds. The summed E-state index contributed by atoms with van der Waals surface area (Å²) < 4.78 is 19.0. The maximum absolute atomic E-state index is 11.1. The first-order valence-corrected chi connectivity index (χ1v) is 20.1. The molecule has 1 saturated carbocycles. The second kappa shape index (κ2) is 13.3. The molecule has 3 aliphatic rings. The van der Waals surface area contributed by atoms with Crippen LogP contribution in [0.2, 0.25) is 0 Å². The van der Waals surface area contributed by atoms with Crippen molar-refractivity contribution < 1.29 is 19.3 Å². The van der Waals surface area contributed by atoms with Crippen LogP contribution in [0.3, 0.4) is 0 Å². The van der Waals surface area contributed by atoms with Gasteiger partial charge in [-0.15, -0.1) is 0 Å². The van der Waals surface area contributed by atoms with Crippen LogP contribution in [0.15, 0.2) is 115 Å². The van der Waals surface area contributed by atoms with Gasteiger partial charge >= 0.3 is 0 Å².